The summed E-state index contributed by atoms with van der Waals surface area (Å²) in [5.74, 6) is 0.364. The van der Waals surface area contributed by atoms with Gasteiger partial charge in [0.2, 0.25) is 10.0 Å². The lowest BCUT2D eigenvalue weighted by Gasteiger charge is -2.34. The second kappa shape index (κ2) is 8.27. The molecule has 0 radical (unpaired) electrons. The maximum atomic E-state index is 13.1. The molecule has 1 aliphatic heterocycles. The van der Waals surface area contributed by atoms with E-state index >= 15 is 0 Å². The first kappa shape index (κ1) is 22.1. The molecule has 30 heavy (non-hydrogen) atoms. The Morgan fingerprint density at radius 1 is 1.00 bits per heavy atom. The van der Waals surface area contributed by atoms with Crippen LogP contribution in [0.15, 0.2) is 47.4 Å². The molecule has 0 N–H and O–H groups in total. The lowest BCUT2D eigenvalue weighted by molar-refractivity contribution is -0.138. The van der Waals surface area contributed by atoms with Crippen LogP contribution in [0.4, 0.5) is 13.2 Å². The highest BCUT2D eigenvalue weighted by atomic mass is 32.2. The van der Waals surface area contributed by atoms with Gasteiger partial charge in [-0.1, -0.05) is 6.07 Å². The third kappa shape index (κ3) is 4.44. The van der Waals surface area contributed by atoms with Crippen molar-refractivity contribution in [1.29, 1.82) is 0 Å². The van der Waals surface area contributed by atoms with Crippen LogP contribution in [0.2, 0.25) is 0 Å². The average Bonchev–Trinajstić information content (AvgIpc) is 2.72. The predicted octanol–water partition coefficient (Wildman–Crippen LogP) is 3.17. The lowest BCUT2D eigenvalue weighted by atomic mass is 10.1. The van der Waals surface area contributed by atoms with Crippen LogP contribution in [0.3, 0.4) is 0 Å². The van der Waals surface area contributed by atoms with Gasteiger partial charge in [0.15, 0.2) is 0 Å². The number of alkyl halides is 3. The van der Waals surface area contributed by atoms with Crippen molar-refractivity contribution in [3.8, 4) is 5.75 Å². The number of sulfonamides is 1. The van der Waals surface area contributed by atoms with E-state index < -0.39 is 26.7 Å². The van der Waals surface area contributed by atoms with Crippen LogP contribution in [-0.4, -0.2) is 56.8 Å². The summed E-state index contributed by atoms with van der Waals surface area (Å²) >= 11 is 0. The van der Waals surface area contributed by atoms with E-state index in [1.807, 2.05) is 0 Å². The van der Waals surface area contributed by atoms with Crippen molar-refractivity contribution in [3.05, 3.63) is 59.2 Å². The Labute approximate surface area is 172 Å². The van der Waals surface area contributed by atoms with Crippen LogP contribution in [0.25, 0.3) is 0 Å². The molecule has 1 amide bonds. The molecule has 1 fully saturated rings. The number of hydrogen-bond donors (Lipinski definition) is 0. The van der Waals surface area contributed by atoms with Gasteiger partial charge in [-0.25, -0.2) is 8.42 Å². The van der Waals surface area contributed by atoms with Crippen LogP contribution in [-0.2, 0) is 16.2 Å². The number of carbonyl (C=O) groups excluding carboxylic acids is 1. The van der Waals surface area contributed by atoms with Gasteiger partial charge in [0, 0.05) is 31.7 Å². The SMILES string of the molecule is COc1ccc(C(=O)N2CCN(S(=O)(=O)c3ccc(C)c(C(F)(F)F)c3)CC2)cc1. The Morgan fingerprint density at radius 3 is 2.13 bits per heavy atom. The predicted molar refractivity (Wildman–Crippen MR) is 104 cm³/mol. The number of aryl methyl sites for hydroxylation is 1. The van der Waals surface area contributed by atoms with E-state index in [1.165, 1.54) is 25.0 Å². The number of methoxy groups -OCH3 is 1. The van der Waals surface area contributed by atoms with Crippen molar-refractivity contribution >= 4 is 15.9 Å². The van der Waals surface area contributed by atoms with Crippen LogP contribution >= 0.6 is 0 Å². The highest BCUT2D eigenvalue weighted by Gasteiger charge is 2.36. The summed E-state index contributed by atoms with van der Waals surface area (Å²) in [4.78, 5) is 13.7. The molecule has 0 aliphatic carbocycles. The zero-order valence-corrected chi connectivity index (χ0v) is 17.3. The van der Waals surface area contributed by atoms with Gasteiger partial charge < -0.3 is 9.64 Å². The number of halogens is 3. The van der Waals surface area contributed by atoms with Crippen molar-refractivity contribution in [2.45, 2.75) is 18.0 Å². The fourth-order valence-corrected chi connectivity index (χ4v) is 4.71. The lowest BCUT2D eigenvalue weighted by Crippen LogP contribution is -2.50. The van der Waals surface area contributed by atoms with Crippen molar-refractivity contribution in [3.63, 3.8) is 0 Å². The number of benzene rings is 2. The van der Waals surface area contributed by atoms with Crippen molar-refractivity contribution in [1.82, 2.24) is 9.21 Å². The fraction of sp³-hybridized carbons (Fsp3) is 0.350. The molecule has 2 aromatic carbocycles. The van der Waals surface area contributed by atoms with E-state index in [0.717, 1.165) is 10.4 Å². The molecule has 0 bridgehead atoms. The zero-order chi connectivity index (χ0) is 22.1. The Hall–Kier alpha value is -2.59. The quantitative estimate of drug-likeness (QED) is 0.730. The minimum Gasteiger partial charge on any atom is -0.497 e. The Kier molecular flexibility index (Phi) is 6.09. The largest absolute Gasteiger partial charge is 0.497 e. The van der Waals surface area contributed by atoms with Gasteiger partial charge >= 0.3 is 6.18 Å². The van der Waals surface area contributed by atoms with Gasteiger partial charge in [-0.05, 0) is 48.9 Å². The Bertz CT molecular complexity index is 1030. The number of amides is 1. The molecule has 2 aromatic rings. The molecule has 162 valence electrons. The molecule has 0 aromatic heterocycles. The van der Waals surface area contributed by atoms with Crippen LogP contribution in [0, 0.1) is 6.92 Å². The molecular formula is C20H21F3N2O4S. The molecular weight excluding hydrogens is 421 g/mol. The summed E-state index contributed by atoms with van der Waals surface area (Å²) in [6.45, 7) is 1.56. The summed E-state index contributed by atoms with van der Waals surface area (Å²) in [7, 11) is -2.59. The highest BCUT2D eigenvalue weighted by molar-refractivity contribution is 7.89. The average molecular weight is 442 g/mol. The molecule has 1 aliphatic rings. The second-order valence-corrected chi connectivity index (χ2v) is 8.84. The summed E-state index contributed by atoms with van der Waals surface area (Å²) in [6, 6.07) is 9.55. The Balaban J connectivity index is 1.73. The number of piperazine rings is 1. The molecule has 0 atom stereocenters. The summed E-state index contributed by atoms with van der Waals surface area (Å²) < 4.78 is 71.3. The van der Waals surface area contributed by atoms with Crippen LogP contribution < -0.4 is 4.74 Å². The molecule has 0 spiro atoms. The number of ether oxygens (including phenoxy) is 1. The van der Waals surface area contributed by atoms with E-state index in [4.69, 9.17) is 4.74 Å². The molecule has 10 heteroatoms. The molecule has 3 rings (SSSR count). The number of hydrogen-bond acceptors (Lipinski definition) is 4. The van der Waals surface area contributed by atoms with Crippen LogP contribution in [0.1, 0.15) is 21.5 Å². The van der Waals surface area contributed by atoms with E-state index in [9.17, 15) is 26.4 Å². The zero-order valence-electron chi connectivity index (χ0n) is 16.4. The minimum absolute atomic E-state index is 0.000540. The monoisotopic (exact) mass is 442 g/mol. The summed E-state index contributed by atoms with van der Waals surface area (Å²) in [5.41, 5.74) is -0.575. The third-order valence-corrected chi connectivity index (χ3v) is 6.91. The van der Waals surface area contributed by atoms with Gasteiger partial charge in [0.05, 0.1) is 17.6 Å². The van der Waals surface area contributed by atoms with E-state index in [1.54, 1.807) is 24.3 Å². The summed E-state index contributed by atoms with van der Waals surface area (Å²) in [6.07, 6.45) is -4.64. The first-order valence-corrected chi connectivity index (χ1v) is 10.6. The normalized spacial score (nSPS) is 15.8. The molecule has 0 saturated carbocycles. The topological polar surface area (TPSA) is 66.9 Å². The van der Waals surface area contributed by atoms with Gasteiger partial charge in [-0.2, -0.15) is 17.5 Å². The van der Waals surface area contributed by atoms with Crippen molar-refractivity contribution < 1.29 is 31.1 Å². The van der Waals surface area contributed by atoms with E-state index in [0.29, 0.717) is 17.4 Å². The standard InChI is InChI=1S/C20H21F3N2O4S/c1-14-3-8-17(13-18(14)20(21,22)23)30(27,28)25-11-9-24(10-12-25)19(26)15-4-6-16(29-2)7-5-15/h3-8,13H,9-12H2,1-2H3. The highest BCUT2D eigenvalue weighted by Crippen LogP contribution is 2.34. The molecule has 1 heterocycles. The number of nitrogens with zero attached hydrogens (tertiary/aromatic N) is 2. The van der Waals surface area contributed by atoms with Gasteiger partial charge in [-0.15, -0.1) is 0 Å². The fourth-order valence-electron chi connectivity index (χ4n) is 3.26. The first-order valence-electron chi connectivity index (χ1n) is 9.15. The van der Waals surface area contributed by atoms with Gasteiger partial charge in [0.25, 0.3) is 5.91 Å². The van der Waals surface area contributed by atoms with Gasteiger partial charge in [0.1, 0.15) is 5.75 Å². The third-order valence-electron chi connectivity index (χ3n) is 5.02. The van der Waals surface area contributed by atoms with Crippen molar-refractivity contribution in [2.75, 3.05) is 33.3 Å². The first-order chi connectivity index (χ1) is 14.0. The van der Waals surface area contributed by atoms with E-state index in [-0.39, 0.29) is 37.6 Å². The smallest absolute Gasteiger partial charge is 0.416 e. The van der Waals surface area contributed by atoms with Crippen LogP contribution in [0.5, 0.6) is 5.75 Å². The van der Waals surface area contributed by atoms with Crippen molar-refractivity contribution in [2.24, 2.45) is 0 Å². The second-order valence-electron chi connectivity index (χ2n) is 6.90. The molecule has 1 saturated heterocycles. The minimum atomic E-state index is -4.64. The maximum absolute atomic E-state index is 13.1. The molecule has 6 nitrogen and oxygen atoms in total. The number of carbonyl (C=O) groups is 1. The molecule has 0 unspecified atom stereocenters. The maximum Gasteiger partial charge on any atom is 0.416 e. The van der Waals surface area contributed by atoms with E-state index in [2.05, 4.69) is 0 Å². The Morgan fingerprint density at radius 2 is 1.60 bits per heavy atom. The van der Waals surface area contributed by atoms with Gasteiger partial charge in [-0.3, -0.25) is 4.79 Å². The summed E-state index contributed by atoms with van der Waals surface area (Å²) in [5, 5.41) is 0. The number of rotatable bonds is 4.